The highest BCUT2D eigenvalue weighted by Gasteiger charge is 2.43. The van der Waals surface area contributed by atoms with E-state index in [0.717, 1.165) is 15.3 Å². The van der Waals surface area contributed by atoms with Crippen LogP contribution in [0.1, 0.15) is 26.3 Å². The molecule has 194 valence electrons. The van der Waals surface area contributed by atoms with Crippen LogP contribution in [0.15, 0.2) is 41.3 Å². The maximum atomic E-state index is 13.9. The molecule has 2 N–H and O–H groups in total. The average Bonchev–Trinajstić information content (AvgIpc) is 2.67. The van der Waals surface area contributed by atoms with Crippen molar-refractivity contribution >= 4 is 58.6 Å². The highest BCUT2D eigenvalue weighted by Crippen LogP contribution is 2.48. The summed E-state index contributed by atoms with van der Waals surface area (Å²) in [6, 6.07) is 7.35. The second-order valence-corrected chi connectivity index (χ2v) is 17.2. The van der Waals surface area contributed by atoms with Crippen molar-refractivity contribution in [3.8, 4) is 5.75 Å². The van der Waals surface area contributed by atoms with Gasteiger partial charge in [0.1, 0.15) is 10.6 Å². The van der Waals surface area contributed by atoms with Crippen LogP contribution in [0, 0.1) is 0 Å². The fraction of sp³-hybridized carbons (Fsp3) is 0.409. The molecule has 0 amide bonds. The largest absolute Gasteiger partial charge is 0.541 e. The normalized spacial score (nSPS) is 13.1. The number of nitrogens with two attached hydrogens (primary N) is 1. The van der Waals surface area contributed by atoms with E-state index < -0.39 is 35.2 Å². The monoisotopic (exact) mass is 567 g/mol. The van der Waals surface area contributed by atoms with E-state index in [-0.39, 0.29) is 32.1 Å². The second kappa shape index (κ2) is 9.89. The van der Waals surface area contributed by atoms with Gasteiger partial charge in [-0.15, -0.1) is 0 Å². The quantitative estimate of drug-likeness (QED) is 0.323. The van der Waals surface area contributed by atoms with Gasteiger partial charge in [-0.05, 0) is 54.6 Å². The van der Waals surface area contributed by atoms with Crippen molar-refractivity contribution in [1.29, 1.82) is 0 Å². The van der Waals surface area contributed by atoms with Crippen LogP contribution < -0.4 is 15.1 Å². The van der Waals surface area contributed by atoms with Crippen LogP contribution >= 0.6 is 23.8 Å². The third-order valence-corrected chi connectivity index (χ3v) is 12.7. The van der Waals surface area contributed by atoms with E-state index in [4.69, 9.17) is 34.0 Å². The van der Waals surface area contributed by atoms with Gasteiger partial charge < -0.3 is 10.2 Å². The molecule has 0 radical (unpaired) electrons. The van der Waals surface area contributed by atoms with Crippen molar-refractivity contribution in [2.45, 2.75) is 50.0 Å². The molecule has 0 atom stereocenters. The minimum Gasteiger partial charge on any atom is -0.541 e. The molecule has 0 saturated carbocycles. The first-order valence-corrected chi connectivity index (χ1v) is 15.6. The molecule has 13 heteroatoms. The first-order chi connectivity index (χ1) is 15.7. The minimum absolute atomic E-state index is 0.0659. The minimum atomic E-state index is -4.73. The van der Waals surface area contributed by atoms with Crippen LogP contribution in [0.25, 0.3) is 0 Å². The molecule has 2 rings (SSSR count). The Morgan fingerprint density at radius 3 is 2.06 bits per heavy atom. The van der Waals surface area contributed by atoms with Crippen LogP contribution in [-0.2, 0) is 16.2 Å². The van der Waals surface area contributed by atoms with E-state index in [1.54, 1.807) is 0 Å². The number of nitrogens with zero attached hydrogens (tertiary/aromatic N) is 2. The molecule has 0 fully saturated rings. The molecule has 0 heterocycles. The number of anilines is 2. The SMILES string of the molecule is CN(C)S(=O)(=O)c1c(Cl)ccc(N(C(N)=S)c2ccccc2C(F)(F)F)c1O[Si](C)(C)C(C)(C)C. The fourth-order valence-electron chi connectivity index (χ4n) is 2.91. The van der Waals surface area contributed by atoms with Gasteiger partial charge in [0.25, 0.3) is 8.32 Å². The van der Waals surface area contributed by atoms with E-state index in [1.165, 1.54) is 44.4 Å². The lowest BCUT2D eigenvalue weighted by atomic mass is 10.1. The molecule has 0 aliphatic heterocycles. The molecule has 0 unspecified atom stereocenters. The topological polar surface area (TPSA) is 75.9 Å². The van der Waals surface area contributed by atoms with E-state index in [9.17, 15) is 21.6 Å². The number of hydrogen-bond donors (Lipinski definition) is 1. The Balaban J connectivity index is 3.05. The Kier molecular flexibility index (Phi) is 8.30. The van der Waals surface area contributed by atoms with Crippen molar-refractivity contribution in [2.75, 3.05) is 19.0 Å². The molecule has 0 aliphatic rings. The van der Waals surface area contributed by atoms with Crippen molar-refractivity contribution in [3.63, 3.8) is 0 Å². The van der Waals surface area contributed by atoms with E-state index in [1.807, 2.05) is 33.9 Å². The van der Waals surface area contributed by atoms with E-state index in [2.05, 4.69) is 0 Å². The van der Waals surface area contributed by atoms with E-state index >= 15 is 0 Å². The molecule has 0 bridgehead atoms. The number of halogens is 4. The summed E-state index contributed by atoms with van der Waals surface area (Å²) >= 11 is 11.5. The Morgan fingerprint density at radius 2 is 1.60 bits per heavy atom. The number of para-hydroxylation sites is 1. The molecule has 0 aromatic heterocycles. The number of alkyl halides is 3. The summed E-state index contributed by atoms with van der Waals surface area (Å²) in [6.07, 6.45) is -4.73. The van der Waals surface area contributed by atoms with Gasteiger partial charge in [0.15, 0.2) is 5.11 Å². The molecule has 6 nitrogen and oxygen atoms in total. The van der Waals surface area contributed by atoms with Gasteiger partial charge in [0.05, 0.1) is 22.0 Å². The van der Waals surface area contributed by atoms with Gasteiger partial charge in [-0.1, -0.05) is 44.5 Å². The molecule has 2 aromatic rings. The Morgan fingerprint density at radius 1 is 1.06 bits per heavy atom. The summed E-state index contributed by atoms with van der Waals surface area (Å²) in [7, 11) is -4.31. The lowest BCUT2D eigenvalue weighted by molar-refractivity contribution is -0.137. The smallest absolute Gasteiger partial charge is 0.418 e. The zero-order chi connectivity index (χ0) is 27.1. The summed E-state index contributed by atoms with van der Waals surface area (Å²) in [5, 5.41) is -0.968. The zero-order valence-corrected chi connectivity index (χ0v) is 23.9. The average molecular weight is 568 g/mol. The molecular formula is C22H29ClF3N3O3S2Si. The standard InChI is InChI=1S/C22H29ClF3N3O3S2Si/c1-21(2,3)35(6,7)32-18-17(13-12-15(23)19(18)34(30,31)28(4)5)29(20(27)33)16-11-9-8-10-14(16)22(24,25)26/h8-13H,1-7H3,(H2,27,33). The summed E-state index contributed by atoms with van der Waals surface area (Å²) in [6.45, 7) is 9.56. The summed E-state index contributed by atoms with van der Waals surface area (Å²) < 4.78 is 75.7. The van der Waals surface area contributed by atoms with Crippen LogP contribution in [0.3, 0.4) is 0 Å². The Bertz CT molecular complexity index is 1230. The van der Waals surface area contributed by atoms with Gasteiger partial charge in [0, 0.05) is 14.1 Å². The van der Waals surface area contributed by atoms with Crippen molar-refractivity contribution in [3.05, 3.63) is 47.0 Å². The van der Waals surface area contributed by atoms with Crippen LogP contribution in [-0.4, -0.2) is 40.2 Å². The van der Waals surface area contributed by atoms with Crippen LogP contribution in [0.5, 0.6) is 5.75 Å². The van der Waals surface area contributed by atoms with Gasteiger partial charge in [-0.2, -0.15) is 13.2 Å². The van der Waals surface area contributed by atoms with Crippen LogP contribution in [0.4, 0.5) is 24.5 Å². The fourth-order valence-corrected chi connectivity index (χ4v) is 5.70. The zero-order valence-electron chi connectivity index (χ0n) is 20.5. The molecule has 0 spiro atoms. The van der Waals surface area contributed by atoms with Crippen LogP contribution in [0.2, 0.25) is 23.2 Å². The second-order valence-electron chi connectivity index (χ2n) is 9.56. The summed E-state index contributed by atoms with van der Waals surface area (Å²) in [4.78, 5) is 0.586. The lowest BCUT2D eigenvalue weighted by Gasteiger charge is -2.39. The summed E-state index contributed by atoms with van der Waals surface area (Å²) in [5.74, 6) is -0.206. The number of benzene rings is 2. The number of thiocarbonyl (C=S) groups is 1. The maximum absolute atomic E-state index is 13.9. The Hall–Kier alpha value is -1.86. The number of sulfonamides is 1. The molecule has 0 saturated heterocycles. The number of hydrogen-bond acceptors (Lipinski definition) is 4. The summed E-state index contributed by atoms with van der Waals surface area (Å²) in [5.41, 5.74) is 4.50. The van der Waals surface area contributed by atoms with Gasteiger partial charge in [-0.3, -0.25) is 4.90 Å². The predicted octanol–water partition coefficient (Wildman–Crippen LogP) is 6.37. The number of rotatable bonds is 6. The van der Waals surface area contributed by atoms with Crippen molar-refractivity contribution in [1.82, 2.24) is 4.31 Å². The van der Waals surface area contributed by atoms with Gasteiger partial charge in [-0.25, -0.2) is 12.7 Å². The first kappa shape index (κ1) is 29.4. The van der Waals surface area contributed by atoms with Crippen molar-refractivity contribution < 1.29 is 26.0 Å². The van der Waals surface area contributed by atoms with Gasteiger partial charge in [0.2, 0.25) is 10.0 Å². The first-order valence-electron chi connectivity index (χ1n) is 10.4. The third kappa shape index (κ3) is 5.93. The predicted molar refractivity (Wildman–Crippen MR) is 141 cm³/mol. The highest BCUT2D eigenvalue weighted by atomic mass is 35.5. The van der Waals surface area contributed by atoms with E-state index in [0.29, 0.717) is 0 Å². The molecule has 2 aromatic carbocycles. The lowest BCUT2D eigenvalue weighted by Crippen LogP contribution is -2.45. The van der Waals surface area contributed by atoms with Gasteiger partial charge >= 0.3 is 6.18 Å². The molecular weight excluding hydrogens is 539 g/mol. The third-order valence-electron chi connectivity index (χ3n) is 5.86. The molecule has 35 heavy (non-hydrogen) atoms. The molecule has 0 aliphatic carbocycles. The van der Waals surface area contributed by atoms with Crippen molar-refractivity contribution in [2.24, 2.45) is 5.73 Å². The maximum Gasteiger partial charge on any atom is 0.418 e. The highest BCUT2D eigenvalue weighted by molar-refractivity contribution is 7.89. The Labute approximate surface area is 216 Å².